The van der Waals surface area contributed by atoms with E-state index >= 15 is 0 Å². The zero-order chi connectivity index (χ0) is 21.3. The Hall–Kier alpha value is -3.07. The number of nitrogens with zero attached hydrogens (tertiary/aromatic N) is 2. The molecule has 4 aromatic rings. The molecule has 0 spiro atoms. The third kappa shape index (κ3) is 3.85. The summed E-state index contributed by atoms with van der Waals surface area (Å²) in [4.78, 5) is 17.9. The van der Waals surface area contributed by atoms with Crippen molar-refractivity contribution in [2.45, 2.75) is 0 Å². The topological polar surface area (TPSA) is 93.3 Å². The Morgan fingerprint density at radius 1 is 1.30 bits per heavy atom. The summed E-state index contributed by atoms with van der Waals surface area (Å²) in [6.07, 6.45) is 3.36. The molecule has 2 heterocycles. The molecule has 0 atom stereocenters. The maximum atomic E-state index is 12.8. The molecule has 0 fully saturated rings. The normalized spacial score (nSPS) is 11.9. The molecular weight excluding hydrogens is 428 g/mol. The first-order valence-corrected chi connectivity index (χ1v) is 10.1. The van der Waals surface area contributed by atoms with E-state index in [4.69, 9.17) is 26.2 Å². The van der Waals surface area contributed by atoms with Crippen molar-refractivity contribution in [2.24, 2.45) is 0 Å². The Labute approximate surface area is 180 Å². The number of phenols is 1. The van der Waals surface area contributed by atoms with Crippen LogP contribution in [0, 0.1) is 0 Å². The van der Waals surface area contributed by atoms with Crippen molar-refractivity contribution in [1.29, 1.82) is 0 Å². The summed E-state index contributed by atoms with van der Waals surface area (Å²) in [7, 11) is 1.43. The van der Waals surface area contributed by atoms with Crippen molar-refractivity contribution < 1.29 is 19.7 Å². The fraction of sp³-hybridized carbons (Fsp3) is 0.143. The number of aromatic nitrogens is 2. The number of ether oxygens (including phenoxy) is 2. The van der Waals surface area contributed by atoms with E-state index in [2.05, 4.69) is 4.98 Å². The Bertz CT molecular complexity index is 1330. The van der Waals surface area contributed by atoms with E-state index in [-0.39, 0.29) is 35.3 Å². The fourth-order valence-electron chi connectivity index (χ4n) is 2.96. The lowest BCUT2D eigenvalue weighted by molar-refractivity contribution is 0.201. The average Bonchev–Trinajstić information content (AvgIpc) is 3.29. The minimum Gasteiger partial charge on any atom is -0.503 e. The van der Waals surface area contributed by atoms with Crippen LogP contribution in [0.4, 0.5) is 0 Å². The highest BCUT2D eigenvalue weighted by molar-refractivity contribution is 7.15. The predicted molar refractivity (Wildman–Crippen MR) is 116 cm³/mol. The van der Waals surface area contributed by atoms with Crippen LogP contribution >= 0.6 is 22.9 Å². The van der Waals surface area contributed by atoms with E-state index in [0.29, 0.717) is 26.5 Å². The second-order valence-corrected chi connectivity index (χ2v) is 7.76. The minimum atomic E-state index is -0.204. The highest BCUT2D eigenvalue weighted by Crippen LogP contribution is 2.35. The van der Waals surface area contributed by atoms with Crippen molar-refractivity contribution in [3.05, 3.63) is 68.1 Å². The van der Waals surface area contributed by atoms with E-state index in [0.717, 1.165) is 5.56 Å². The van der Waals surface area contributed by atoms with E-state index in [1.54, 1.807) is 30.5 Å². The van der Waals surface area contributed by atoms with Crippen LogP contribution in [0.3, 0.4) is 0 Å². The molecule has 0 unspecified atom stereocenters. The van der Waals surface area contributed by atoms with Crippen LogP contribution in [0.5, 0.6) is 17.2 Å². The first-order valence-electron chi connectivity index (χ1n) is 8.94. The van der Waals surface area contributed by atoms with Gasteiger partial charge in [0.05, 0.1) is 29.0 Å². The van der Waals surface area contributed by atoms with Gasteiger partial charge in [0.2, 0.25) is 0 Å². The molecule has 2 N–H and O–H groups in total. The van der Waals surface area contributed by atoms with Crippen LogP contribution in [0.15, 0.2) is 47.4 Å². The Morgan fingerprint density at radius 2 is 2.13 bits per heavy atom. The van der Waals surface area contributed by atoms with Crippen LogP contribution in [-0.4, -0.2) is 39.9 Å². The molecule has 7 nitrogen and oxygen atoms in total. The van der Waals surface area contributed by atoms with Gasteiger partial charge in [0, 0.05) is 11.8 Å². The van der Waals surface area contributed by atoms with Crippen molar-refractivity contribution >= 4 is 34.0 Å². The lowest BCUT2D eigenvalue weighted by atomic mass is 10.1. The summed E-state index contributed by atoms with van der Waals surface area (Å²) in [5, 5.41) is 18.9. The number of halogens is 1. The van der Waals surface area contributed by atoms with Gasteiger partial charge in [-0.05, 0) is 35.9 Å². The number of aromatic hydroxyl groups is 1. The first-order chi connectivity index (χ1) is 14.5. The molecule has 0 radical (unpaired) electrons. The summed E-state index contributed by atoms with van der Waals surface area (Å²) in [5.74, 6) is 0.704. The SMILES string of the molecule is COc1cc(/C=c2\sc3nc(-c4cccc(OCCO)c4)cn3c2=O)cc(Cl)c1O. The third-order valence-electron chi connectivity index (χ3n) is 4.36. The second-order valence-electron chi connectivity index (χ2n) is 6.35. The molecule has 4 rings (SSSR count). The zero-order valence-corrected chi connectivity index (χ0v) is 17.4. The number of methoxy groups -OCH3 is 1. The van der Waals surface area contributed by atoms with Crippen molar-refractivity contribution in [2.75, 3.05) is 20.3 Å². The molecule has 2 aromatic heterocycles. The average molecular weight is 445 g/mol. The van der Waals surface area contributed by atoms with Gasteiger partial charge < -0.3 is 19.7 Å². The zero-order valence-electron chi connectivity index (χ0n) is 15.8. The maximum absolute atomic E-state index is 12.8. The number of aliphatic hydroxyl groups is 1. The first kappa shape index (κ1) is 20.2. The minimum absolute atomic E-state index is 0.0681. The van der Waals surface area contributed by atoms with Gasteiger partial charge in [-0.3, -0.25) is 9.20 Å². The predicted octanol–water partition coefficient (Wildman–Crippen LogP) is 2.71. The monoisotopic (exact) mass is 444 g/mol. The standard InChI is InChI=1S/C21H17ClN2O5S/c1-28-17-8-12(7-15(22)19(17)26)9-18-20(27)24-11-16(23-21(24)30-18)13-3-2-4-14(10-13)29-6-5-25/h2-4,7-11,25-26H,5-6H2,1H3/b18-9-. The van der Waals surface area contributed by atoms with Gasteiger partial charge in [-0.2, -0.15) is 0 Å². The Kier molecular flexibility index (Phi) is 5.63. The molecule has 0 saturated carbocycles. The number of fused-ring (bicyclic) bond motifs is 1. The number of rotatable bonds is 6. The van der Waals surface area contributed by atoms with Gasteiger partial charge in [0.25, 0.3) is 5.56 Å². The van der Waals surface area contributed by atoms with Gasteiger partial charge in [0.15, 0.2) is 16.5 Å². The van der Waals surface area contributed by atoms with Crippen LogP contribution < -0.4 is 19.6 Å². The van der Waals surface area contributed by atoms with E-state index < -0.39 is 0 Å². The quantitative estimate of drug-likeness (QED) is 0.475. The summed E-state index contributed by atoms with van der Waals surface area (Å²) in [5.41, 5.74) is 1.88. The Morgan fingerprint density at radius 3 is 2.87 bits per heavy atom. The van der Waals surface area contributed by atoms with Crippen LogP contribution in [0.1, 0.15) is 5.56 Å². The number of thiazole rings is 1. The molecule has 30 heavy (non-hydrogen) atoms. The van der Waals surface area contributed by atoms with E-state index in [1.807, 2.05) is 18.2 Å². The van der Waals surface area contributed by atoms with Crippen molar-refractivity contribution in [3.8, 4) is 28.5 Å². The molecule has 9 heteroatoms. The van der Waals surface area contributed by atoms with E-state index in [1.165, 1.54) is 22.8 Å². The van der Waals surface area contributed by atoms with Gasteiger partial charge in [-0.15, -0.1) is 0 Å². The summed E-state index contributed by atoms with van der Waals surface area (Å²) >= 11 is 7.28. The molecule has 0 aliphatic heterocycles. The number of phenolic OH excluding ortho intramolecular Hbond substituents is 1. The number of benzene rings is 2. The fourth-order valence-corrected chi connectivity index (χ4v) is 4.14. The van der Waals surface area contributed by atoms with Gasteiger partial charge >= 0.3 is 0 Å². The van der Waals surface area contributed by atoms with Crippen LogP contribution in [-0.2, 0) is 0 Å². The Balaban J connectivity index is 1.72. The number of hydrogen-bond donors (Lipinski definition) is 2. The number of hydrogen-bond acceptors (Lipinski definition) is 7. The molecule has 0 amide bonds. The molecule has 0 aliphatic rings. The molecule has 0 bridgehead atoms. The van der Waals surface area contributed by atoms with Gasteiger partial charge in [-0.1, -0.05) is 35.1 Å². The van der Waals surface area contributed by atoms with Gasteiger partial charge in [0.1, 0.15) is 12.4 Å². The van der Waals surface area contributed by atoms with Crippen LogP contribution in [0.2, 0.25) is 5.02 Å². The number of imidazole rings is 1. The molecule has 154 valence electrons. The highest BCUT2D eigenvalue weighted by atomic mass is 35.5. The summed E-state index contributed by atoms with van der Waals surface area (Å²) in [6.45, 7) is 0.138. The molecule has 0 saturated heterocycles. The smallest absolute Gasteiger partial charge is 0.274 e. The molecule has 2 aromatic carbocycles. The van der Waals surface area contributed by atoms with Gasteiger partial charge in [-0.25, -0.2) is 4.98 Å². The molecule has 0 aliphatic carbocycles. The van der Waals surface area contributed by atoms with E-state index in [9.17, 15) is 9.90 Å². The number of aliphatic hydroxyl groups excluding tert-OH is 1. The lowest BCUT2D eigenvalue weighted by Gasteiger charge is -2.05. The van der Waals surface area contributed by atoms with Crippen LogP contribution in [0.25, 0.3) is 22.3 Å². The molecular formula is C21H17ClN2O5S. The highest BCUT2D eigenvalue weighted by Gasteiger charge is 2.12. The summed E-state index contributed by atoms with van der Waals surface area (Å²) in [6, 6.07) is 10.5. The van der Waals surface area contributed by atoms with Crippen molar-refractivity contribution in [1.82, 2.24) is 9.38 Å². The maximum Gasteiger partial charge on any atom is 0.274 e. The summed E-state index contributed by atoms with van der Waals surface area (Å²) < 4.78 is 12.5. The second kappa shape index (κ2) is 8.35. The van der Waals surface area contributed by atoms with Crippen molar-refractivity contribution in [3.63, 3.8) is 0 Å². The third-order valence-corrected chi connectivity index (χ3v) is 5.63. The lowest BCUT2D eigenvalue weighted by Crippen LogP contribution is -2.22. The largest absolute Gasteiger partial charge is 0.503 e.